The van der Waals surface area contributed by atoms with Gasteiger partial charge in [0.15, 0.2) is 0 Å². The third kappa shape index (κ3) is 15.0. The molecule has 0 radical (unpaired) electrons. The smallest absolute Gasteiger partial charge is 0.308 e. The first-order valence-corrected chi connectivity index (χ1v) is 10.9. The molecule has 0 saturated carbocycles. The second-order valence-corrected chi connectivity index (χ2v) is 7.30. The Bertz CT molecular complexity index is 263. The number of hydrogen-bond acceptors (Lipinski definition) is 2. The van der Waals surface area contributed by atoms with E-state index in [1.165, 1.54) is 70.6 Å². The maximum absolute atomic E-state index is 12.0. The van der Waals surface area contributed by atoms with Gasteiger partial charge in [-0.3, -0.25) is 4.79 Å². The van der Waals surface area contributed by atoms with Gasteiger partial charge in [0, 0.05) is 0 Å². The molecule has 0 fully saturated rings. The van der Waals surface area contributed by atoms with E-state index in [-0.39, 0.29) is 11.9 Å². The minimum atomic E-state index is 0.0361. The van der Waals surface area contributed by atoms with E-state index in [0.717, 1.165) is 32.1 Å². The maximum Gasteiger partial charge on any atom is 0.308 e. The Morgan fingerprint density at radius 1 is 0.667 bits per heavy atom. The van der Waals surface area contributed by atoms with Crippen LogP contribution in [0.2, 0.25) is 0 Å². The molecule has 0 aromatic heterocycles. The van der Waals surface area contributed by atoms with Gasteiger partial charge in [0.05, 0.1) is 12.5 Å². The Hall–Kier alpha value is -0.530. The van der Waals surface area contributed by atoms with Gasteiger partial charge in [-0.15, -0.1) is 0 Å². The molecule has 2 heteroatoms. The van der Waals surface area contributed by atoms with Crippen molar-refractivity contribution in [3.63, 3.8) is 0 Å². The molecule has 0 rings (SSSR count). The molecule has 0 N–H and O–H groups in total. The fourth-order valence-electron chi connectivity index (χ4n) is 3.17. The summed E-state index contributed by atoms with van der Waals surface area (Å²) in [7, 11) is 0. The summed E-state index contributed by atoms with van der Waals surface area (Å²) in [5.41, 5.74) is 0. The highest BCUT2D eigenvalue weighted by molar-refractivity contribution is 5.72. The predicted octanol–water partition coefficient (Wildman–Crippen LogP) is 7.45. The van der Waals surface area contributed by atoms with Gasteiger partial charge in [0.25, 0.3) is 0 Å². The lowest BCUT2D eigenvalue weighted by atomic mass is 10.00. The number of ether oxygens (including phenoxy) is 1. The summed E-state index contributed by atoms with van der Waals surface area (Å²) in [6, 6.07) is 0. The van der Waals surface area contributed by atoms with E-state index in [1.54, 1.807) is 0 Å². The van der Waals surface area contributed by atoms with Crippen molar-refractivity contribution in [2.24, 2.45) is 5.92 Å². The number of unbranched alkanes of at least 4 members (excludes halogenated alkanes) is 12. The van der Waals surface area contributed by atoms with Crippen molar-refractivity contribution in [3.8, 4) is 0 Å². The lowest BCUT2D eigenvalue weighted by Gasteiger charge is -2.13. The average Bonchev–Trinajstić information content (AvgIpc) is 2.59. The van der Waals surface area contributed by atoms with Gasteiger partial charge in [-0.25, -0.2) is 0 Å². The van der Waals surface area contributed by atoms with Crippen LogP contribution >= 0.6 is 0 Å². The fraction of sp³-hybridized carbons (Fsp3) is 0.955. The quantitative estimate of drug-likeness (QED) is 0.191. The Balaban J connectivity index is 3.31. The van der Waals surface area contributed by atoms with Crippen LogP contribution in [0, 0.1) is 5.92 Å². The van der Waals surface area contributed by atoms with Crippen LogP contribution in [0.25, 0.3) is 0 Å². The van der Waals surface area contributed by atoms with Crippen LogP contribution in [-0.4, -0.2) is 12.6 Å². The summed E-state index contributed by atoms with van der Waals surface area (Å²) in [5.74, 6) is 0.163. The van der Waals surface area contributed by atoms with Crippen molar-refractivity contribution in [2.75, 3.05) is 6.61 Å². The zero-order valence-corrected chi connectivity index (χ0v) is 16.9. The third-order valence-electron chi connectivity index (χ3n) is 4.97. The average molecular weight is 341 g/mol. The summed E-state index contributed by atoms with van der Waals surface area (Å²) >= 11 is 0. The molecule has 1 unspecified atom stereocenters. The fourth-order valence-corrected chi connectivity index (χ4v) is 3.17. The van der Waals surface area contributed by atoms with Crippen molar-refractivity contribution in [1.29, 1.82) is 0 Å². The van der Waals surface area contributed by atoms with E-state index < -0.39 is 0 Å². The second kappa shape index (κ2) is 18.8. The molecule has 0 saturated heterocycles. The molecule has 144 valence electrons. The van der Waals surface area contributed by atoms with Gasteiger partial charge < -0.3 is 4.74 Å². The van der Waals surface area contributed by atoms with Crippen LogP contribution in [-0.2, 0) is 9.53 Å². The zero-order chi connectivity index (χ0) is 17.9. The standard InChI is InChI=1S/C22H44O2/c1-4-7-9-10-11-12-13-14-15-16-17-18-20-24-22(23)21(6-3)19-8-5-2/h21H,4-20H2,1-3H3. The van der Waals surface area contributed by atoms with Crippen molar-refractivity contribution in [1.82, 2.24) is 0 Å². The van der Waals surface area contributed by atoms with Crippen LogP contribution in [0.15, 0.2) is 0 Å². The molecular formula is C22H44O2. The van der Waals surface area contributed by atoms with Gasteiger partial charge in [-0.05, 0) is 19.3 Å². The highest BCUT2D eigenvalue weighted by atomic mass is 16.5. The van der Waals surface area contributed by atoms with Crippen molar-refractivity contribution in [2.45, 2.75) is 124 Å². The molecular weight excluding hydrogens is 296 g/mol. The number of carbonyl (C=O) groups excluding carboxylic acids is 1. The van der Waals surface area contributed by atoms with Gasteiger partial charge in [0.1, 0.15) is 0 Å². The molecule has 24 heavy (non-hydrogen) atoms. The number of rotatable bonds is 18. The molecule has 0 aliphatic rings. The predicted molar refractivity (Wildman–Crippen MR) is 105 cm³/mol. The van der Waals surface area contributed by atoms with Crippen LogP contribution in [0.4, 0.5) is 0 Å². The van der Waals surface area contributed by atoms with E-state index in [2.05, 4.69) is 20.8 Å². The molecule has 0 spiro atoms. The summed E-state index contributed by atoms with van der Waals surface area (Å²) in [6.07, 6.45) is 20.3. The van der Waals surface area contributed by atoms with Crippen LogP contribution in [0.5, 0.6) is 0 Å². The Labute approximate surface area is 152 Å². The van der Waals surface area contributed by atoms with Gasteiger partial charge in [-0.1, -0.05) is 104 Å². The number of hydrogen-bond donors (Lipinski definition) is 0. The highest BCUT2D eigenvalue weighted by Crippen LogP contribution is 2.15. The Morgan fingerprint density at radius 2 is 1.12 bits per heavy atom. The van der Waals surface area contributed by atoms with E-state index in [4.69, 9.17) is 4.74 Å². The van der Waals surface area contributed by atoms with Crippen LogP contribution < -0.4 is 0 Å². The van der Waals surface area contributed by atoms with Crippen molar-refractivity contribution < 1.29 is 9.53 Å². The molecule has 0 aromatic carbocycles. The van der Waals surface area contributed by atoms with E-state index in [0.29, 0.717) is 6.61 Å². The highest BCUT2D eigenvalue weighted by Gasteiger charge is 2.16. The van der Waals surface area contributed by atoms with Crippen LogP contribution in [0.1, 0.15) is 124 Å². The minimum Gasteiger partial charge on any atom is -0.465 e. The van der Waals surface area contributed by atoms with Crippen molar-refractivity contribution in [3.05, 3.63) is 0 Å². The summed E-state index contributed by atoms with van der Waals surface area (Å²) in [4.78, 5) is 12.0. The lowest BCUT2D eigenvalue weighted by molar-refractivity contribution is -0.149. The topological polar surface area (TPSA) is 26.3 Å². The molecule has 0 heterocycles. The van der Waals surface area contributed by atoms with Gasteiger partial charge in [0.2, 0.25) is 0 Å². The Kier molecular flexibility index (Phi) is 18.4. The van der Waals surface area contributed by atoms with E-state index in [9.17, 15) is 4.79 Å². The molecule has 0 amide bonds. The molecule has 0 aromatic rings. The summed E-state index contributed by atoms with van der Waals surface area (Å²) in [6.45, 7) is 7.16. The minimum absolute atomic E-state index is 0.0361. The van der Waals surface area contributed by atoms with Crippen molar-refractivity contribution >= 4 is 5.97 Å². The summed E-state index contributed by atoms with van der Waals surface area (Å²) in [5, 5.41) is 0. The lowest BCUT2D eigenvalue weighted by Crippen LogP contribution is -2.17. The maximum atomic E-state index is 12.0. The molecule has 0 aliphatic carbocycles. The molecule has 1 atom stereocenters. The van der Waals surface area contributed by atoms with E-state index in [1.807, 2.05) is 0 Å². The molecule has 2 nitrogen and oxygen atoms in total. The first-order chi connectivity index (χ1) is 11.8. The monoisotopic (exact) mass is 340 g/mol. The normalized spacial score (nSPS) is 12.3. The van der Waals surface area contributed by atoms with E-state index >= 15 is 0 Å². The summed E-state index contributed by atoms with van der Waals surface area (Å²) < 4.78 is 5.45. The first-order valence-electron chi connectivity index (χ1n) is 10.9. The Morgan fingerprint density at radius 3 is 1.58 bits per heavy atom. The molecule has 0 bridgehead atoms. The molecule has 0 aliphatic heterocycles. The first kappa shape index (κ1) is 23.5. The zero-order valence-electron chi connectivity index (χ0n) is 16.9. The second-order valence-electron chi connectivity index (χ2n) is 7.30. The van der Waals surface area contributed by atoms with Crippen LogP contribution in [0.3, 0.4) is 0 Å². The number of carbonyl (C=O) groups is 1. The third-order valence-corrected chi connectivity index (χ3v) is 4.97. The SMILES string of the molecule is CCCCCCCCCCCCCCOC(=O)C(CC)CCCC. The number of esters is 1. The largest absolute Gasteiger partial charge is 0.465 e. The van der Waals surface area contributed by atoms with Gasteiger partial charge in [-0.2, -0.15) is 0 Å². The van der Waals surface area contributed by atoms with Gasteiger partial charge >= 0.3 is 5.97 Å².